The second kappa shape index (κ2) is 3.22. The van der Waals surface area contributed by atoms with Gasteiger partial charge in [-0.25, -0.2) is 9.97 Å². The monoisotopic (exact) mass is 177 g/mol. The van der Waals surface area contributed by atoms with Crippen molar-refractivity contribution in [2.75, 3.05) is 7.11 Å². The summed E-state index contributed by atoms with van der Waals surface area (Å²) in [5, 5.41) is 0. The molecule has 0 N–H and O–H groups in total. The molecule has 0 aliphatic rings. The first kappa shape index (κ1) is 7.72. The molecular formula is C8H7N3O2. The predicted molar refractivity (Wildman–Crippen MR) is 44.1 cm³/mol. The fourth-order valence-corrected chi connectivity index (χ4v) is 0.901. The van der Waals surface area contributed by atoms with Crippen molar-refractivity contribution in [2.45, 2.75) is 0 Å². The number of aromatic nitrogens is 3. The molecule has 66 valence electrons. The fourth-order valence-electron chi connectivity index (χ4n) is 0.901. The van der Waals surface area contributed by atoms with Crippen LogP contribution in [0.25, 0.3) is 11.6 Å². The van der Waals surface area contributed by atoms with Crippen molar-refractivity contribution in [2.24, 2.45) is 0 Å². The lowest BCUT2D eigenvalue weighted by Gasteiger charge is -1.98. The summed E-state index contributed by atoms with van der Waals surface area (Å²) in [6, 6.07) is 1.67. The van der Waals surface area contributed by atoms with Crippen LogP contribution in [0.1, 0.15) is 0 Å². The molecule has 0 unspecified atom stereocenters. The molecule has 0 bridgehead atoms. The van der Waals surface area contributed by atoms with E-state index in [0.29, 0.717) is 17.5 Å². The van der Waals surface area contributed by atoms with Gasteiger partial charge >= 0.3 is 0 Å². The predicted octanol–water partition coefficient (Wildman–Crippen LogP) is 1.14. The van der Waals surface area contributed by atoms with Gasteiger partial charge < -0.3 is 9.15 Å². The van der Waals surface area contributed by atoms with Crippen molar-refractivity contribution in [3.05, 3.63) is 24.9 Å². The minimum atomic E-state index is 0.469. The maximum atomic E-state index is 5.03. The minimum absolute atomic E-state index is 0.469. The average molecular weight is 177 g/mol. The molecule has 5 heteroatoms. The molecule has 2 rings (SSSR count). The first-order valence-corrected chi connectivity index (χ1v) is 3.66. The highest BCUT2D eigenvalue weighted by Gasteiger charge is 2.05. The SMILES string of the molecule is COc1ccnc(-c2cnco2)n1. The Morgan fingerprint density at radius 1 is 1.46 bits per heavy atom. The molecule has 0 aliphatic heterocycles. The van der Waals surface area contributed by atoms with Crippen LogP contribution < -0.4 is 4.74 Å². The lowest BCUT2D eigenvalue weighted by atomic mass is 10.4. The molecule has 2 heterocycles. The summed E-state index contributed by atoms with van der Waals surface area (Å²) in [4.78, 5) is 11.8. The van der Waals surface area contributed by atoms with Crippen molar-refractivity contribution in [3.63, 3.8) is 0 Å². The van der Waals surface area contributed by atoms with Crippen molar-refractivity contribution in [1.82, 2.24) is 15.0 Å². The molecule has 0 spiro atoms. The Hall–Kier alpha value is -1.91. The zero-order valence-electron chi connectivity index (χ0n) is 6.97. The van der Waals surface area contributed by atoms with Crippen molar-refractivity contribution in [3.8, 4) is 17.5 Å². The zero-order chi connectivity index (χ0) is 9.10. The lowest BCUT2D eigenvalue weighted by Crippen LogP contribution is -1.91. The van der Waals surface area contributed by atoms with Gasteiger partial charge in [0.2, 0.25) is 11.7 Å². The van der Waals surface area contributed by atoms with Crippen molar-refractivity contribution in [1.29, 1.82) is 0 Å². The Morgan fingerprint density at radius 2 is 2.38 bits per heavy atom. The van der Waals surface area contributed by atoms with Crippen LogP contribution in [-0.2, 0) is 0 Å². The maximum absolute atomic E-state index is 5.03. The summed E-state index contributed by atoms with van der Waals surface area (Å²) < 4.78 is 9.97. The average Bonchev–Trinajstić information content (AvgIpc) is 2.71. The summed E-state index contributed by atoms with van der Waals surface area (Å²) in [5.74, 6) is 1.50. The number of methoxy groups -OCH3 is 1. The number of hydrogen-bond donors (Lipinski definition) is 0. The van der Waals surface area contributed by atoms with Crippen LogP contribution in [0.5, 0.6) is 5.88 Å². The quantitative estimate of drug-likeness (QED) is 0.688. The molecule has 5 nitrogen and oxygen atoms in total. The molecule has 13 heavy (non-hydrogen) atoms. The highest BCUT2D eigenvalue weighted by atomic mass is 16.5. The number of nitrogens with zero attached hydrogens (tertiary/aromatic N) is 3. The molecule has 0 fully saturated rings. The largest absolute Gasteiger partial charge is 0.481 e. The standard InChI is InChI=1S/C8H7N3O2/c1-12-7-2-3-10-8(11-7)6-4-9-5-13-6/h2-5H,1H3. The van der Waals surface area contributed by atoms with Gasteiger partial charge in [-0.05, 0) is 0 Å². The van der Waals surface area contributed by atoms with E-state index in [-0.39, 0.29) is 0 Å². The van der Waals surface area contributed by atoms with E-state index < -0.39 is 0 Å². The van der Waals surface area contributed by atoms with Gasteiger partial charge in [0.25, 0.3) is 0 Å². The van der Waals surface area contributed by atoms with Crippen LogP contribution in [-0.4, -0.2) is 22.1 Å². The van der Waals surface area contributed by atoms with E-state index in [1.807, 2.05) is 0 Å². The third-order valence-electron chi connectivity index (χ3n) is 1.49. The second-order valence-corrected chi connectivity index (χ2v) is 2.29. The minimum Gasteiger partial charge on any atom is -0.481 e. The summed E-state index contributed by atoms with van der Waals surface area (Å²) in [5.41, 5.74) is 0. The van der Waals surface area contributed by atoms with E-state index in [4.69, 9.17) is 9.15 Å². The van der Waals surface area contributed by atoms with Crippen LogP contribution in [0.2, 0.25) is 0 Å². The Morgan fingerprint density at radius 3 is 3.08 bits per heavy atom. The van der Waals surface area contributed by atoms with E-state index in [1.165, 1.54) is 6.39 Å². The topological polar surface area (TPSA) is 61.0 Å². The molecule has 0 aliphatic carbocycles. The van der Waals surface area contributed by atoms with Crippen LogP contribution >= 0.6 is 0 Å². The second-order valence-electron chi connectivity index (χ2n) is 2.29. The molecule has 2 aromatic heterocycles. The normalized spacial score (nSPS) is 9.92. The molecule has 0 aromatic carbocycles. The third-order valence-corrected chi connectivity index (χ3v) is 1.49. The molecular weight excluding hydrogens is 170 g/mol. The highest BCUT2D eigenvalue weighted by Crippen LogP contribution is 2.15. The number of ether oxygens (including phenoxy) is 1. The maximum Gasteiger partial charge on any atom is 0.216 e. The summed E-state index contributed by atoms with van der Waals surface area (Å²) in [6.07, 6.45) is 4.48. The molecule has 0 saturated heterocycles. The zero-order valence-corrected chi connectivity index (χ0v) is 6.97. The number of oxazole rings is 1. The Kier molecular flexibility index (Phi) is 1.91. The Bertz CT molecular complexity index is 386. The summed E-state index contributed by atoms with van der Waals surface area (Å²) in [6.45, 7) is 0. The van der Waals surface area contributed by atoms with Gasteiger partial charge in [0, 0.05) is 12.3 Å². The van der Waals surface area contributed by atoms with Crippen LogP contribution in [0.3, 0.4) is 0 Å². The lowest BCUT2D eigenvalue weighted by molar-refractivity contribution is 0.397. The van der Waals surface area contributed by atoms with E-state index in [9.17, 15) is 0 Å². The molecule has 0 saturated carbocycles. The molecule has 2 aromatic rings. The highest BCUT2D eigenvalue weighted by molar-refractivity contribution is 5.44. The van der Waals surface area contributed by atoms with E-state index in [0.717, 1.165) is 0 Å². The Balaban J connectivity index is 2.41. The van der Waals surface area contributed by atoms with Gasteiger partial charge in [-0.3, -0.25) is 0 Å². The van der Waals surface area contributed by atoms with Gasteiger partial charge in [-0.2, -0.15) is 4.98 Å². The first-order chi connectivity index (χ1) is 6.40. The number of hydrogen-bond acceptors (Lipinski definition) is 5. The molecule has 0 amide bonds. The summed E-state index contributed by atoms with van der Waals surface area (Å²) >= 11 is 0. The van der Waals surface area contributed by atoms with Gasteiger partial charge in [0.1, 0.15) is 0 Å². The van der Waals surface area contributed by atoms with Crippen molar-refractivity contribution < 1.29 is 9.15 Å². The van der Waals surface area contributed by atoms with Crippen LogP contribution in [0.15, 0.2) is 29.3 Å². The van der Waals surface area contributed by atoms with Crippen LogP contribution in [0, 0.1) is 0 Å². The van der Waals surface area contributed by atoms with Gasteiger partial charge in [-0.1, -0.05) is 0 Å². The fraction of sp³-hybridized carbons (Fsp3) is 0.125. The summed E-state index contributed by atoms with van der Waals surface area (Å²) in [7, 11) is 1.55. The van der Waals surface area contributed by atoms with Gasteiger partial charge in [0.05, 0.1) is 13.3 Å². The van der Waals surface area contributed by atoms with Gasteiger partial charge in [-0.15, -0.1) is 0 Å². The van der Waals surface area contributed by atoms with Gasteiger partial charge in [0.15, 0.2) is 12.2 Å². The van der Waals surface area contributed by atoms with Crippen LogP contribution in [0.4, 0.5) is 0 Å². The van der Waals surface area contributed by atoms with Crippen molar-refractivity contribution >= 4 is 0 Å². The molecule has 0 radical (unpaired) electrons. The smallest absolute Gasteiger partial charge is 0.216 e. The third kappa shape index (κ3) is 1.48. The first-order valence-electron chi connectivity index (χ1n) is 3.66. The number of rotatable bonds is 2. The van der Waals surface area contributed by atoms with E-state index >= 15 is 0 Å². The Labute approximate surface area is 74.4 Å². The molecule has 0 atom stereocenters. The van der Waals surface area contributed by atoms with E-state index in [1.54, 1.807) is 25.6 Å². The van der Waals surface area contributed by atoms with E-state index in [2.05, 4.69) is 15.0 Å².